The van der Waals surface area contributed by atoms with E-state index in [0.717, 1.165) is 5.56 Å². The molecule has 0 radical (unpaired) electrons. The largest absolute Gasteiger partial charge is 0.496 e. The first-order valence-corrected chi connectivity index (χ1v) is 11.1. The first-order chi connectivity index (χ1) is 15.3. The minimum absolute atomic E-state index is 0.0814. The Morgan fingerprint density at radius 3 is 2.53 bits per heavy atom. The fourth-order valence-electron chi connectivity index (χ4n) is 3.47. The Morgan fingerprint density at radius 1 is 1.06 bits per heavy atom. The van der Waals surface area contributed by atoms with Crippen molar-refractivity contribution in [1.82, 2.24) is 19.2 Å². The lowest BCUT2D eigenvalue weighted by Crippen LogP contribution is -2.25. The fraction of sp³-hybridized carbons (Fsp3) is 0.304. The molecule has 0 saturated heterocycles. The van der Waals surface area contributed by atoms with E-state index in [0.29, 0.717) is 27.6 Å². The third-order valence-corrected chi connectivity index (χ3v) is 5.64. The van der Waals surface area contributed by atoms with Gasteiger partial charge in [0.05, 0.1) is 30.3 Å². The molecule has 0 atom stereocenters. The van der Waals surface area contributed by atoms with Gasteiger partial charge in [0.15, 0.2) is 5.16 Å². The molecule has 0 bridgehead atoms. The van der Waals surface area contributed by atoms with E-state index in [1.807, 2.05) is 63.2 Å². The highest BCUT2D eigenvalue weighted by molar-refractivity contribution is 7.99. The summed E-state index contributed by atoms with van der Waals surface area (Å²) in [6.07, 6.45) is 0. The molecule has 0 aliphatic heterocycles. The summed E-state index contributed by atoms with van der Waals surface area (Å²) in [6, 6.07) is 14.8. The normalized spacial score (nSPS) is 11.8. The van der Waals surface area contributed by atoms with Crippen LogP contribution in [0.15, 0.2) is 58.5 Å². The van der Waals surface area contributed by atoms with Gasteiger partial charge in [0.2, 0.25) is 5.78 Å². The van der Waals surface area contributed by atoms with Gasteiger partial charge in [0.1, 0.15) is 11.4 Å². The maximum absolute atomic E-state index is 13.3. The van der Waals surface area contributed by atoms with Crippen LogP contribution in [0.25, 0.3) is 16.7 Å². The smallest absolute Gasteiger partial charge is 0.316 e. The number of ether oxygens (including phenoxy) is 2. The highest BCUT2D eigenvalue weighted by atomic mass is 32.2. The van der Waals surface area contributed by atoms with E-state index < -0.39 is 5.60 Å². The Kier molecular flexibility index (Phi) is 5.92. The Balaban J connectivity index is 1.81. The van der Waals surface area contributed by atoms with Gasteiger partial charge in [-0.25, -0.2) is 0 Å². The minimum atomic E-state index is -0.563. The number of hydrogen-bond acceptors (Lipinski definition) is 7. The molecule has 166 valence electrons. The fourth-order valence-corrected chi connectivity index (χ4v) is 4.18. The topological polar surface area (TPSA) is 87.7 Å². The van der Waals surface area contributed by atoms with E-state index >= 15 is 0 Å². The second kappa shape index (κ2) is 8.66. The van der Waals surface area contributed by atoms with Gasteiger partial charge in [-0.2, -0.15) is 0 Å². The predicted octanol–water partition coefficient (Wildman–Crippen LogP) is 3.53. The Hall–Kier alpha value is -3.33. The first kappa shape index (κ1) is 21.9. The van der Waals surface area contributed by atoms with Crippen LogP contribution in [-0.2, 0) is 16.1 Å². The maximum atomic E-state index is 13.3. The number of carbonyl (C=O) groups is 1. The van der Waals surface area contributed by atoms with Crippen molar-refractivity contribution in [1.29, 1.82) is 0 Å². The lowest BCUT2D eigenvalue weighted by molar-refractivity contribution is -0.151. The van der Waals surface area contributed by atoms with E-state index in [-0.39, 0.29) is 23.8 Å². The molecule has 9 heteroatoms. The van der Waals surface area contributed by atoms with Crippen molar-refractivity contribution in [3.63, 3.8) is 0 Å². The van der Waals surface area contributed by atoms with E-state index in [4.69, 9.17) is 9.47 Å². The highest BCUT2D eigenvalue weighted by Crippen LogP contribution is 2.24. The molecule has 32 heavy (non-hydrogen) atoms. The van der Waals surface area contributed by atoms with E-state index in [1.165, 1.54) is 11.8 Å². The number of thioether (sulfide) groups is 1. The van der Waals surface area contributed by atoms with Crippen molar-refractivity contribution in [3.8, 4) is 5.75 Å². The van der Waals surface area contributed by atoms with Crippen LogP contribution >= 0.6 is 11.8 Å². The van der Waals surface area contributed by atoms with Crippen molar-refractivity contribution in [2.45, 2.75) is 38.1 Å². The van der Waals surface area contributed by atoms with Gasteiger partial charge in [-0.1, -0.05) is 42.1 Å². The average Bonchev–Trinajstić information content (AvgIpc) is 3.18. The zero-order valence-electron chi connectivity index (χ0n) is 18.4. The zero-order chi connectivity index (χ0) is 22.9. The maximum Gasteiger partial charge on any atom is 0.316 e. The number of rotatable bonds is 6. The summed E-state index contributed by atoms with van der Waals surface area (Å²) in [6.45, 7) is 5.75. The molecule has 0 unspecified atom stereocenters. The summed E-state index contributed by atoms with van der Waals surface area (Å²) in [5.41, 5.74) is 0.794. The van der Waals surface area contributed by atoms with Crippen LogP contribution in [0, 0.1) is 0 Å². The summed E-state index contributed by atoms with van der Waals surface area (Å²) in [5, 5.41) is 9.62. The Labute approximate surface area is 189 Å². The van der Waals surface area contributed by atoms with Crippen molar-refractivity contribution >= 4 is 34.4 Å². The summed E-state index contributed by atoms with van der Waals surface area (Å²) in [7, 11) is 1.60. The Morgan fingerprint density at radius 2 is 1.78 bits per heavy atom. The number of para-hydroxylation sites is 2. The second-order valence-electron chi connectivity index (χ2n) is 8.21. The van der Waals surface area contributed by atoms with Gasteiger partial charge < -0.3 is 9.47 Å². The van der Waals surface area contributed by atoms with Gasteiger partial charge in [-0.05, 0) is 39.0 Å². The number of aromatic nitrogens is 4. The molecule has 0 aliphatic carbocycles. The van der Waals surface area contributed by atoms with Gasteiger partial charge in [0, 0.05) is 5.56 Å². The molecular formula is C23H24N4O4S. The van der Waals surface area contributed by atoms with E-state index in [9.17, 15) is 9.59 Å². The van der Waals surface area contributed by atoms with Crippen molar-refractivity contribution in [2.24, 2.45) is 0 Å². The number of esters is 1. The SMILES string of the molecule is COc1ccccc1Cn1c(=O)c2ccccc2n2c(SCC(=O)OC(C)(C)C)nnc12. The minimum Gasteiger partial charge on any atom is -0.496 e. The van der Waals surface area contributed by atoms with Gasteiger partial charge in [0.25, 0.3) is 5.56 Å². The van der Waals surface area contributed by atoms with Crippen molar-refractivity contribution in [2.75, 3.05) is 12.9 Å². The zero-order valence-corrected chi connectivity index (χ0v) is 19.2. The lowest BCUT2D eigenvalue weighted by atomic mass is 10.2. The lowest BCUT2D eigenvalue weighted by Gasteiger charge is -2.19. The van der Waals surface area contributed by atoms with Crippen LogP contribution in [0.3, 0.4) is 0 Å². The number of carbonyl (C=O) groups excluding carboxylic acids is 1. The first-order valence-electron chi connectivity index (χ1n) is 10.1. The van der Waals surface area contributed by atoms with Crippen LogP contribution in [-0.4, -0.2) is 43.6 Å². The molecule has 4 aromatic rings. The average molecular weight is 453 g/mol. The van der Waals surface area contributed by atoms with Crippen LogP contribution in [0.4, 0.5) is 0 Å². The third kappa shape index (κ3) is 4.34. The van der Waals surface area contributed by atoms with Crippen molar-refractivity contribution < 1.29 is 14.3 Å². The highest BCUT2D eigenvalue weighted by Gasteiger charge is 2.20. The number of fused-ring (bicyclic) bond motifs is 3. The monoisotopic (exact) mass is 452 g/mol. The molecule has 0 saturated carbocycles. The molecule has 0 N–H and O–H groups in total. The molecule has 0 aliphatic rings. The molecule has 0 spiro atoms. The predicted molar refractivity (Wildman–Crippen MR) is 123 cm³/mol. The quantitative estimate of drug-likeness (QED) is 0.327. The van der Waals surface area contributed by atoms with E-state index in [2.05, 4.69) is 10.2 Å². The molecule has 0 fully saturated rings. The Bertz CT molecular complexity index is 1350. The molecule has 2 heterocycles. The summed E-state index contributed by atoms with van der Waals surface area (Å²) in [5.74, 6) is 0.819. The molecule has 2 aromatic heterocycles. The van der Waals surface area contributed by atoms with Crippen LogP contribution < -0.4 is 10.3 Å². The number of nitrogens with zero attached hydrogens (tertiary/aromatic N) is 4. The van der Waals surface area contributed by atoms with Crippen LogP contribution in [0.1, 0.15) is 26.3 Å². The van der Waals surface area contributed by atoms with Crippen LogP contribution in [0.2, 0.25) is 0 Å². The van der Waals surface area contributed by atoms with E-state index in [1.54, 1.807) is 22.1 Å². The summed E-state index contributed by atoms with van der Waals surface area (Å²) in [4.78, 5) is 25.6. The van der Waals surface area contributed by atoms with Crippen LogP contribution in [0.5, 0.6) is 5.75 Å². The van der Waals surface area contributed by atoms with Gasteiger partial charge >= 0.3 is 5.97 Å². The second-order valence-corrected chi connectivity index (χ2v) is 9.16. The van der Waals surface area contributed by atoms with Crippen molar-refractivity contribution in [3.05, 3.63) is 64.4 Å². The molecule has 0 amide bonds. The van der Waals surface area contributed by atoms with Gasteiger partial charge in [-0.15, -0.1) is 10.2 Å². The number of benzene rings is 2. The van der Waals surface area contributed by atoms with Gasteiger partial charge in [-0.3, -0.25) is 18.6 Å². The molecular weight excluding hydrogens is 428 g/mol. The molecule has 2 aromatic carbocycles. The third-order valence-electron chi connectivity index (χ3n) is 4.74. The standard InChI is InChI=1S/C23H24N4O4S/c1-23(2,3)31-19(28)14-32-22-25-24-21-26(13-15-9-5-8-12-18(15)30-4)20(29)16-10-6-7-11-17(16)27(21)22/h5-12H,13-14H2,1-4H3. The summed E-state index contributed by atoms with van der Waals surface area (Å²) >= 11 is 1.22. The molecule has 8 nitrogen and oxygen atoms in total. The summed E-state index contributed by atoms with van der Waals surface area (Å²) < 4.78 is 14.2. The number of methoxy groups -OCH3 is 1. The molecule has 4 rings (SSSR count). The number of hydrogen-bond donors (Lipinski definition) is 0.